The van der Waals surface area contributed by atoms with Gasteiger partial charge in [0, 0.05) is 30.3 Å². The summed E-state index contributed by atoms with van der Waals surface area (Å²) in [6.07, 6.45) is 0.779. The molecule has 0 saturated heterocycles. The van der Waals surface area contributed by atoms with Gasteiger partial charge in [-0.3, -0.25) is 14.9 Å². The lowest BCUT2D eigenvalue weighted by Gasteiger charge is -2.12. The van der Waals surface area contributed by atoms with E-state index in [-0.39, 0.29) is 17.0 Å². The van der Waals surface area contributed by atoms with Gasteiger partial charge in [0.15, 0.2) is 11.5 Å². The van der Waals surface area contributed by atoms with Crippen LogP contribution in [0.3, 0.4) is 0 Å². The van der Waals surface area contributed by atoms with Crippen LogP contribution >= 0.6 is 0 Å². The zero-order valence-corrected chi connectivity index (χ0v) is 13.5. The first-order valence-corrected chi connectivity index (χ1v) is 7.62. The summed E-state index contributed by atoms with van der Waals surface area (Å²) in [7, 11) is 1.39. The van der Waals surface area contributed by atoms with Crippen LogP contribution in [0.1, 0.15) is 16.8 Å². The van der Waals surface area contributed by atoms with Crippen molar-refractivity contribution in [3.63, 3.8) is 0 Å². The van der Waals surface area contributed by atoms with Crippen LogP contribution < -0.4 is 19.5 Å². The van der Waals surface area contributed by atoms with Crippen LogP contribution in [0.4, 0.5) is 11.4 Å². The largest absolute Gasteiger partial charge is 0.496 e. The van der Waals surface area contributed by atoms with Gasteiger partial charge >= 0.3 is 0 Å². The van der Waals surface area contributed by atoms with Gasteiger partial charge in [-0.2, -0.15) is 0 Å². The van der Waals surface area contributed by atoms with Gasteiger partial charge < -0.3 is 19.5 Å². The number of hydrogen-bond acceptors (Lipinski definition) is 6. The minimum atomic E-state index is -0.566. The van der Waals surface area contributed by atoms with Crippen LogP contribution in [-0.2, 0) is 0 Å². The number of carbonyl (C=O) groups is 1. The highest BCUT2D eigenvalue weighted by molar-refractivity contribution is 6.06. The summed E-state index contributed by atoms with van der Waals surface area (Å²) in [5.41, 5.74) is 0.372. The number of fused-ring (bicyclic) bond motifs is 1. The van der Waals surface area contributed by atoms with Crippen molar-refractivity contribution in [2.75, 3.05) is 25.6 Å². The minimum absolute atomic E-state index is 0.0730. The molecule has 0 radical (unpaired) electrons. The summed E-state index contributed by atoms with van der Waals surface area (Å²) in [5, 5.41) is 13.6. The lowest BCUT2D eigenvalue weighted by molar-refractivity contribution is -0.384. The van der Waals surface area contributed by atoms with E-state index in [9.17, 15) is 14.9 Å². The van der Waals surface area contributed by atoms with Crippen LogP contribution in [0.15, 0.2) is 36.4 Å². The van der Waals surface area contributed by atoms with E-state index in [2.05, 4.69) is 5.32 Å². The summed E-state index contributed by atoms with van der Waals surface area (Å²) >= 11 is 0. The predicted molar refractivity (Wildman–Crippen MR) is 89.7 cm³/mol. The summed E-state index contributed by atoms with van der Waals surface area (Å²) in [6, 6.07) is 8.89. The first-order chi connectivity index (χ1) is 12.1. The van der Waals surface area contributed by atoms with Gasteiger partial charge in [-0.05, 0) is 18.2 Å². The number of benzene rings is 2. The normalized spacial score (nSPS) is 12.8. The molecule has 0 unspecified atom stereocenters. The Bertz CT molecular complexity index is 821. The highest BCUT2D eigenvalue weighted by Crippen LogP contribution is 2.33. The van der Waals surface area contributed by atoms with Crippen molar-refractivity contribution in [1.29, 1.82) is 0 Å². The lowest BCUT2D eigenvalue weighted by Crippen LogP contribution is -2.13. The smallest absolute Gasteiger partial charge is 0.270 e. The summed E-state index contributed by atoms with van der Waals surface area (Å²) in [4.78, 5) is 22.9. The number of nitro groups is 1. The maximum absolute atomic E-state index is 12.5. The van der Waals surface area contributed by atoms with Crippen LogP contribution in [0.25, 0.3) is 0 Å². The molecule has 0 spiro atoms. The molecule has 0 saturated carbocycles. The molecule has 1 aliphatic rings. The number of hydrogen-bond donors (Lipinski definition) is 1. The monoisotopic (exact) mass is 344 g/mol. The molecule has 1 amide bonds. The number of anilines is 1. The summed E-state index contributed by atoms with van der Waals surface area (Å²) in [5.74, 6) is 0.886. The second-order valence-electron chi connectivity index (χ2n) is 5.31. The lowest BCUT2D eigenvalue weighted by atomic mass is 10.1. The molecule has 0 aromatic heterocycles. The van der Waals surface area contributed by atoms with Crippen LogP contribution in [0.2, 0.25) is 0 Å². The van der Waals surface area contributed by atoms with Crippen LogP contribution in [0, 0.1) is 10.1 Å². The topological polar surface area (TPSA) is 99.9 Å². The number of non-ortho nitro benzene ring substituents is 1. The van der Waals surface area contributed by atoms with E-state index in [0.29, 0.717) is 30.4 Å². The first kappa shape index (κ1) is 16.6. The summed E-state index contributed by atoms with van der Waals surface area (Å²) in [6.45, 7) is 1.10. The zero-order valence-electron chi connectivity index (χ0n) is 13.5. The quantitative estimate of drug-likeness (QED) is 0.676. The van der Waals surface area contributed by atoms with Gasteiger partial charge in [-0.15, -0.1) is 0 Å². The van der Waals surface area contributed by atoms with Gasteiger partial charge in [0.05, 0.1) is 30.8 Å². The highest BCUT2D eigenvalue weighted by atomic mass is 16.6. The Kier molecular flexibility index (Phi) is 4.69. The standard InChI is InChI=1S/C17H16N2O6/c1-23-14-6-4-12(19(21)22)10-13(14)17(20)18-11-3-5-15-16(9-11)25-8-2-7-24-15/h3-6,9-10H,2,7-8H2,1H3,(H,18,20). The Morgan fingerprint density at radius 2 is 1.92 bits per heavy atom. The van der Waals surface area contributed by atoms with E-state index >= 15 is 0 Å². The molecule has 1 heterocycles. The molecule has 0 aliphatic carbocycles. The van der Waals surface area contributed by atoms with Crippen LogP contribution in [0.5, 0.6) is 17.2 Å². The van der Waals surface area contributed by atoms with E-state index < -0.39 is 10.8 Å². The van der Waals surface area contributed by atoms with Crippen molar-refractivity contribution in [2.45, 2.75) is 6.42 Å². The van der Waals surface area contributed by atoms with Crippen molar-refractivity contribution >= 4 is 17.3 Å². The van der Waals surface area contributed by atoms with E-state index in [1.165, 1.54) is 25.3 Å². The molecule has 2 aromatic carbocycles. The number of rotatable bonds is 4. The van der Waals surface area contributed by atoms with E-state index in [1.54, 1.807) is 18.2 Å². The van der Waals surface area contributed by atoms with Crippen molar-refractivity contribution in [1.82, 2.24) is 0 Å². The third-order valence-electron chi connectivity index (χ3n) is 3.64. The fourth-order valence-electron chi connectivity index (χ4n) is 2.43. The molecular weight excluding hydrogens is 328 g/mol. The van der Waals surface area contributed by atoms with Gasteiger partial charge in [-0.25, -0.2) is 0 Å². The van der Waals surface area contributed by atoms with Crippen molar-refractivity contribution in [3.8, 4) is 17.2 Å². The fourth-order valence-corrected chi connectivity index (χ4v) is 2.43. The third-order valence-corrected chi connectivity index (χ3v) is 3.64. The highest BCUT2D eigenvalue weighted by Gasteiger charge is 2.18. The number of ether oxygens (including phenoxy) is 3. The maximum atomic E-state index is 12.5. The Morgan fingerprint density at radius 1 is 1.16 bits per heavy atom. The average molecular weight is 344 g/mol. The Labute approximate surface area is 143 Å². The molecule has 0 bridgehead atoms. The van der Waals surface area contributed by atoms with E-state index in [0.717, 1.165) is 6.42 Å². The molecular formula is C17H16N2O6. The third kappa shape index (κ3) is 3.63. The number of nitro benzene ring substituents is 1. The number of nitrogens with one attached hydrogen (secondary N) is 1. The van der Waals surface area contributed by atoms with Crippen molar-refractivity contribution in [3.05, 3.63) is 52.1 Å². The molecule has 2 aromatic rings. The average Bonchev–Trinajstić information content (AvgIpc) is 2.86. The molecule has 3 rings (SSSR count). The molecule has 1 aliphatic heterocycles. The molecule has 1 N–H and O–H groups in total. The summed E-state index contributed by atoms with van der Waals surface area (Å²) < 4.78 is 16.2. The van der Waals surface area contributed by atoms with Gasteiger partial charge in [0.2, 0.25) is 0 Å². The molecule has 0 atom stereocenters. The van der Waals surface area contributed by atoms with Gasteiger partial charge in [0.25, 0.3) is 11.6 Å². The molecule has 130 valence electrons. The minimum Gasteiger partial charge on any atom is -0.496 e. The molecule has 0 fully saturated rings. The van der Waals surface area contributed by atoms with E-state index in [1.807, 2.05) is 0 Å². The van der Waals surface area contributed by atoms with Crippen molar-refractivity contribution in [2.24, 2.45) is 0 Å². The second kappa shape index (κ2) is 7.08. The Balaban J connectivity index is 1.86. The molecule has 8 nitrogen and oxygen atoms in total. The van der Waals surface area contributed by atoms with E-state index in [4.69, 9.17) is 14.2 Å². The molecule has 25 heavy (non-hydrogen) atoms. The SMILES string of the molecule is COc1ccc([N+](=O)[O-])cc1C(=O)Nc1ccc2c(c1)OCCCO2. The Morgan fingerprint density at radius 3 is 2.64 bits per heavy atom. The number of carbonyl (C=O) groups excluding carboxylic acids is 1. The number of methoxy groups -OCH3 is 1. The van der Waals surface area contributed by atoms with Crippen molar-refractivity contribution < 1.29 is 23.9 Å². The maximum Gasteiger partial charge on any atom is 0.270 e. The van der Waals surface area contributed by atoms with Crippen LogP contribution in [-0.4, -0.2) is 31.2 Å². The first-order valence-electron chi connectivity index (χ1n) is 7.62. The predicted octanol–water partition coefficient (Wildman–Crippen LogP) is 3.02. The number of amides is 1. The van der Waals surface area contributed by atoms with Gasteiger partial charge in [-0.1, -0.05) is 0 Å². The second-order valence-corrected chi connectivity index (χ2v) is 5.31. The number of nitrogens with zero attached hydrogens (tertiary/aromatic N) is 1. The zero-order chi connectivity index (χ0) is 17.8. The molecule has 8 heteroatoms. The Hall–Kier alpha value is -3.29. The fraction of sp³-hybridized carbons (Fsp3) is 0.235. The van der Waals surface area contributed by atoms with Gasteiger partial charge in [0.1, 0.15) is 5.75 Å².